The van der Waals surface area contributed by atoms with Crippen LogP contribution >= 0.6 is 0 Å². The van der Waals surface area contributed by atoms with Crippen LogP contribution in [0.5, 0.6) is 0 Å². The van der Waals surface area contributed by atoms with Gasteiger partial charge in [-0.05, 0) is 32.1 Å². The number of nitrogens with two attached hydrogens (primary N) is 1. The molecule has 2 saturated carbocycles. The smallest absolute Gasteiger partial charge is 0.353 e. The maximum Gasteiger partial charge on any atom is 0.391 e. The largest absolute Gasteiger partial charge is 0.391 e. The number of hydrogen-bond acceptors (Lipinski definition) is 2. The topological polar surface area (TPSA) is 55.1 Å². The number of halogens is 3. The first kappa shape index (κ1) is 16.6. The van der Waals surface area contributed by atoms with Crippen molar-refractivity contribution in [1.29, 1.82) is 0 Å². The van der Waals surface area contributed by atoms with Crippen molar-refractivity contribution in [3.63, 3.8) is 0 Å². The number of alkyl halides is 3. The molecule has 1 amide bonds. The summed E-state index contributed by atoms with van der Waals surface area (Å²) in [5, 5.41) is 2.83. The van der Waals surface area contributed by atoms with Crippen molar-refractivity contribution in [3.05, 3.63) is 0 Å². The van der Waals surface area contributed by atoms with Gasteiger partial charge >= 0.3 is 6.18 Å². The SMILES string of the molecule is NC1CCCCCC1C(=O)NC1CCCC(C(F)(F)F)C1. The molecule has 122 valence electrons. The molecular weight excluding hydrogens is 281 g/mol. The second kappa shape index (κ2) is 6.99. The maximum atomic E-state index is 12.8. The number of amides is 1. The van der Waals surface area contributed by atoms with Crippen molar-refractivity contribution in [2.75, 3.05) is 0 Å². The summed E-state index contributed by atoms with van der Waals surface area (Å²) in [6.45, 7) is 0. The van der Waals surface area contributed by atoms with Crippen molar-refractivity contribution in [3.8, 4) is 0 Å². The predicted octanol–water partition coefficient (Wildman–Crippen LogP) is 3.13. The monoisotopic (exact) mass is 306 g/mol. The van der Waals surface area contributed by atoms with E-state index < -0.39 is 12.1 Å². The second-order valence-electron chi connectivity index (χ2n) is 6.52. The van der Waals surface area contributed by atoms with E-state index in [2.05, 4.69) is 5.32 Å². The van der Waals surface area contributed by atoms with Crippen LogP contribution in [0.25, 0.3) is 0 Å². The average Bonchev–Trinajstić information content (AvgIpc) is 2.62. The molecule has 21 heavy (non-hydrogen) atoms. The molecule has 3 nitrogen and oxygen atoms in total. The fraction of sp³-hybridized carbons (Fsp3) is 0.933. The van der Waals surface area contributed by atoms with Gasteiger partial charge in [0.05, 0.1) is 11.8 Å². The molecule has 2 aliphatic carbocycles. The van der Waals surface area contributed by atoms with E-state index in [1.807, 2.05) is 0 Å². The third kappa shape index (κ3) is 4.59. The fourth-order valence-corrected chi connectivity index (χ4v) is 3.59. The van der Waals surface area contributed by atoms with Crippen LogP contribution in [0.3, 0.4) is 0 Å². The van der Waals surface area contributed by atoms with E-state index in [0.717, 1.165) is 32.1 Å². The van der Waals surface area contributed by atoms with Gasteiger partial charge in [-0.1, -0.05) is 25.7 Å². The van der Waals surface area contributed by atoms with Crippen LogP contribution in [0.4, 0.5) is 13.2 Å². The van der Waals surface area contributed by atoms with Crippen molar-refractivity contribution in [1.82, 2.24) is 5.32 Å². The van der Waals surface area contributed by atoms with E-state index in [1.165, 1.54) is 0 Å². The average molecular weight is 306 g/mol. The number of rotatable bonds is 2. The molecule has 0 aromatic heterocycles. The molecular formula is C15H25F3N2O. The number of carbonyl (C=O) groups excluding carboxylic acids is 1. The lowest BCUT2D eigenvalue weighted by Gasteiger charge is -2.32. The lowest BCUT2D eigenvalue weighted by atomic mass is 9.84. The van der Waals surface area contributed by atoms with Gasteiger partial charge in [-0.25, -0.2) is 0 Å². The third-order valence-electron chi connectivity index (χ3n) is 4.89. The highest BCUT2D eigenvalue weighted by Gasteiger charge is 2.42. The number of hydrogen-bond donors (Lipinski definition) is 2. The Morgan fingerprint density at radius 1 is 1.00 bits per heavy atom. The zero-order valence-corrected chi connectivity index (χ0v) is 12.3. The van der Waals surface area contributed by atoms with Crippen LogP contribution in [-0.4, -0.2) is 24.2 Å². The summed E-state index contributed by atoms with van der Waals surface area (Å²) < 4.78 is 38.4. The first-order valence-corrected chi connectivity index (χ1v) is 8.00. The van der Waals surface area contributed by atoms with E-state index in [9.17, 15) is 18.0 Å². The first-order valence-electron chi connectivity index (χ1n) is 8.00. The molecule has 3 N–H and O–H groups in total. The minimum Gasteiger partial charge on any atom is -0.353 e. The standard InChI is InChI=1S/C15H25F3N2O/c16-15(17,18)10-5-4-6-11(9-10)20-14(21)12-7-2-1-3-8-13(12)19/h10-13H,1-9,19H2,(H,20,21). The summed E-state index contributed by atoms with van der Waals surface area (Å²) in [6.07, 6.45) is 1.86. The Kier molecular flexibility index (Phi) is 5.52. The van der Waals surface area contributed by atoms with E-state index >= 15 is 0 Å². The van der Waals surface area contributed by atoms with Gasteiger partial charge in [-0.15, -0.1) is 0 Å². The summed E-state index contributed by atoms with van der Waals surface area (Å²) >= 11 is 0. The molecule has 2 aliphatic rings. The molecule has 0 spiro atoms. The minimum absolute atomic E-state index is 0.0111. The Labute approximate surface area is 123 Å². The zero-order chi connectivity index (χ0) is 15.5. The summed E-state index contributed by atoms with van der Waals surface area (Å²) in [5.74, 6) is -1.66. The normalized spacial score (nSPS) is 35.0. The van der Waals surface area contributed by atoms with Gasteiger partial charge in [0.15, 0.2) is 0 Å². The lowest BCUT2D eigenvalue weighted by Crippen LogP contribution is -2.47. The van der Waals surface area contributed by atoms with E-state index in [0.29, 0.717) is 12.8 Å². The molecule has 0 saturated heterocycles. The van der Waals surface area contributed by atoms with Crippen LogP contribution in [0.2, 0.25) is 0 Å². The predicted molar refractivity (Wildman–Crippen MR) is 74.5 cm³/mol. The Morgan fingerprint density at radius 3 is 2.43 bits per heavy atom. The van der Waals surface area contributed by atoms with Crippen LogP contribution in [0.15, 0.2) is 0 Å². The Hall–Kier alpha value is -0.780. The highest BCUT2D eigenvalue weighted by molar-refractivity contribution is 5.79. The van der Waals surface area contributed by atoms with Crippen LogP contribution in [-0.2, 0) is 4.79 Å². The number of carbonyl (C=O) groups is 1. The zero-order valence-electron chi connectivity index (χ0n) is 12.3. The van der Waals surface area contributed by atoms with Crippen LogP contribution in [0.1, 0.15) is 57.8 Å². The summed E-state index contributed by atoms with van der Waals surface area (Å²) in [6, 6.07) is -0.511. The molecule has 2 rings (SSSR count). The van der Waals surface area contributed by atoms with Gasteiger partial charge in [0.25, 0.3) is 0 Å². The minimum atomic E-state index is -4.15. The Bertz CT molecular complexity index is 359. The molecule has 4 atom stereocenters. The Balaban J connectivity index is 1.89. The molecule has 0 aromatic carbocycles. The third-order valence-corrected chi connectivity index (χ3v) is 4.89. The molecule has 0 aliphatic heterocycles. The van der Waals surface area contributed by atoms with Gasteiger partial charge in [0.2, 0.25) is 5.91 Å². The maximum absolute atomic E-state index is 12.8. The van der Waals surface area contributed by atoms with Gasteiger partial charge < -0.3 is 11.1 Å². The van der Waals surface area contributed by atoms with Crippen molar-refractivity contribution >= 4 is 5.91 Å². The molecule has 0 bridgehead atoms. The highest BCUT2D eigenvalue weighted by Crippen LogP contribution is 2.37. The molecule has 0 heterocycles. The van der Waals surface area contributed by atoms with Crippen LogP contribution < -0.4 is 11.1 Å². The van der Waals surface area contributed by atoms with Crippen molar-refractivity contribution < 1.29 is 18.0 Å². The van der Waals surface area contributed by atoms with Gasteiger partial charge in [-0.3, -0.25) is 4.79 Å². The number of nitrogens with one attached hydrogen (secondary N) is 1. The van der Waals surface area contributed by atoms with Gasteiger partial charge in [0.1, 0.15) is 0 Å². The Morgan fingerprint density at radius 2 is 1.71 bits per heavy atom. The van der Waals surface area contributed by atoms with E-state index in [1.54, 1.807) is 0 Å². The summed E-state index contributed by atoms with van der Waals surface area (Å²) in [7, 11) is 0. The van der Waals surface area contributed by atoms with Gasteiger partial charge in [0, 0.05) is 12.1 Å². The first-order chi connectivity index (χ1) is 9.88. The molecule has 2 fully saturated rings. The highest BCUT2D eigenvalue weighted by atomic mass is 19.4. The second-order valence-corrected chi connectivity index (χ2v) is 6.52. The quantitative estimate of drug-likeness (QED) is 0.770. The lowest BCUT2D eigenvalue weighted by molar-refractivity contribution is -0.184. The fourth-order valence-electron chi connectivity index (χ4n) is 3.59. The summed E-state index contributed by atoms with van der Waals surface area (Å²) in [4.78, 5) is 12.3. The van der Waals surface area contributed by atoms with E-state index in [4.69, 9.17) is 5.73 Å². The molecule has 0 radical (unpaired) electrons. The van der Waals surface area contributed by atoms with Crippen molar-refractivity contribution in [2.24, 2.45) is 17.6 Å². The summed E-state index contributed by atoms with van der Waals surface area (Å²) in [5.41, 5.74) is 6.04. The molecule has 4 unspecified atom stereocenters. The van der Waals surface area contributed by atoms with Crippen LogP contribution in [0, 0.1) is 11.8 Å². The molecule has 6 heteroatoms. The van der Waals surface area contributed by atoms with Crippen molar-refractivity contribution in [2.45, 2.75) is 76.0 Å². The van der Waals surface area contributed by atoms with Gasteiger partial charge in [-0.2, -0.15) is 13.2 Å². The molecule has 0 aromatic rings. The van der Waals surface area contributed by atoms with E-state index in [-0.39, 0.29) is 36.8 Å².